The highest BCUT2D eigenvalue weighted by molar-refractivity contribution is 9.10. The molecule has 0 saturated heterocycles. The van der Waals surface area contributed by atoms with Crippen molar-refractivity contribution in [2.75, 3.05) is 0 Å². The molecule has 1 heterocycles. The van der Waals surface area contributed by atoms with E-state index in [2.05, 4.69) is 21.2 Å². The smallest absolute Gasteiger partial charge is 0.252 e. The fourth-order valence-electron chi connectivity index (χ4n) is 1.35. The van der Waals surface area contributed by atoms with Crippen LogP contribution in [0, 0.1) is 0 Å². The molecule has 0 fully saturated rings. The van der Waals surface area contributed by atoms with Gasteiger partial charge in [-0.2, -0.15) is 0 Å². The fourth-order valence-corrected chi connectivity index (χ4v) is 2.21. The van der Waals surface area contributed by atoms with Gasteiger partial charge in [0.25, 0.3) is 5.91 Å². The van der Waals surface area contributed by atoms with Gasteiger partial charge >= 0.3 is 0 Å². The standard InChI is InChI=1S/C12H9BrClNO2/c13-11-6-8(14)3-4-10(11)12(16)15-7-9-2-1-5-17-9/h1-6H,7H2,(H,15,16). The molecular weight excluding hydrogens is 305 g/mol. The average molecular weight is 315 g/mol. The summed E-state index contributed by atoms with van der Waals surface area (Å²) in [5.41, 5.74) is 0.543. The number of hydrogen-bond donors (Lipinski definition) is 1. The summed E-state index contributed by atoms with van der Waals surface area (Å²) < 4.78 is 5.79. The zero-order valence-electron chi connectivity index (χ0n) is 8.74. The Labute approximate surface area is 112 Å². The minimum Gasteiger partial charge on any atom is -0.467 e. The normalized spacial score (nSPS) is 10.2. The third-order valence-electron chi connectivity index (χ3n) is 2.18. The number of halogens is 2. The Kier molecular flexibility index (Phi) is 3.86. The monoisotopic (exact) mass is 313 g/mol. The van der Waals surface area contributed by atoms with E-state index in [1.165, 1.54) is 0 Å². The molecule has 0 aliphatic carbocycles. The summed E-state index contributed by atoms with van der Waals surface area (Å²) in [7, 11) is 0. The summed E-state index contributed by atoms with van der Waals surface area (Å²) >= 11 is 9.10. The number of carbonyl (C=O) groups excluding carboxylic acids is 1. The second-order valence-electron chi connectivity index (χ2n) is 3.39. The molecular formula is C12H9BrClNO2. The van der Waals surface area contributed by atoms with Gasteiger partial charge in [-0.25, -0.2) is 0 Å². The van der Waals surface area contributed by atoms with Crippen LogP contribution in [0.25, 0.3) is 0 Å². The topological polar surface area (TPSA) is 42.2 Å². The van der Waals surface area contributed by atoms with Gasteiger partial charge in [-0.05, 0) is 46.3 Å². The van der Waals surface area contributed by atoms with Crippen LogP contribution in [0.4, 0.5) is 0 Å². The Morgan fingerprint density at radius 1 is 1.41 bits per heavy atom. The quantitative estimate of drug-likeness (QED) is 0.940. The van der Waals surface area contributed by atoms with Crippen LogP contribution < -0.4 is 5.32 Å². The number of amides is 1. The van der Waals surface area contributed by atoms with E-state index in [9.17, 15) is 4.79 Å². The highest BCUT2D eigenvalue weighted by Crippen LogP contribution is 2.21. The lowest BCUT2D eigenvalue weighted by atomic mass is 10.2. The molecule has 5 heteroatoms. The molecule has 88 valence electrons. The van der Waals surface area contributed by atoms with Crippen molar-refractivity contribution in [1.29, 1.82) is 0 Å². The average Bonchev–Trinajstić information content (AvgIpc) is 2.78. The number of furan rings is 1. The minimum absolute atomic E-state index is 0.176. The number of rotatable bonds is 3. The van der Waals surface area contributed by atoms with Crippen LogP contribution in [-0.2, 0) is 6.54 Å². The molecule has 0 bridgehead atoms. The van der Waals surface area contributed by atoms with Gasteiger partial charge in [0.05, 0.1) is 18.4 Å². The van der Waals surface area contributed by atoms with Crippen molar-refractivity contribution in [2.24, 2.45) is 0 Å². The first-order valence-corrected chi connectivity index (χ1v) is 6.09. The van der Waals surface area contributed by atoms with Crippen molar-refractivity contribution >= 4 is 33.4 Å². The first-order valence-electron chi connectivity index (χ1n) is 4.92. The molecule has 2 rings (SSSR count). The van der Waals surface area contributed by atoms with E-state index in [4.69, 9.17) is 16.0 Å². The van der Waals surface area contributed by atoms with E-state index in [0.29, 0.717) is 27.4 Å². The molecule has 0 aliphatic rings. The van der Waals surface area contributed by atoms with Crippen LogP contribution in [0.15, 0.2) is 45.5 Å². The van der Waals surface area contributed by atoms with Gasteiger partial charge in [-0.1, -0.05) is 11.6 Å². The Bertz CT molecular complexity index is 525. The molecule has 0 radical (unpaired) electrons. The van der Waals surface area contributed by atoms with Crippen LogP contribution in [0.3, 0.4) is 0 Å². The number of carbonyl (C=O) groups is 1. The van der Waals surface area contributed by atoms with Crippen molar-refractivity contribution < 1.29 is 9.21 Å². The number of hydrogen-bond acceptors (Lipinski definition) is 2. The lowest BCUT2D eigenvalue weighted by molar-refractivity contribution is 0.0947. The van der Waals surface area contributed by atoms with Gasteiger partial charge in [0.15, 0.2) is 0 Å². The van der Waals surface area contributed by atoms with Crippen molar-refractivity contribution in [1.82, 2.24) is 5.32 Å². The lowest BCUT2D eigenvalue weighted by Gasteiger charge is -2.05. The van der Waals surface area contributed by atoms with Crippen molar-refractivity contribution in [3.05, 3.63) is 57.4 Å². The van der Waals surface area contributed by atoms with Crippen molar-refractivity contribution in [2.45, 2.75) is 6.54 Å². The molecule has 1 amide bonds. The van der Waals surface area contributed by atoms with Gasteiger partial charge in [-0.15, -0.1) is 0 Å². The molecule has 0 atom stereocenters. The van der Waals surface area contributed by atoms with E-state index >= 15 is 0 Å². The van der Waals surface area contributed by atoms with Crippen LogP contribution in [0.1, 0.15) is 16.1 Å². The zero-order valence-corrected chi connectivity index (χ0v) is 11.1. The predicted octanol–water partition coefficient (Wildman–Crippen LogP) is 3.63. The van der Waals surface area contributed by atoms with Crippen LogP contribution in [0.2, 0.25) is 5.02 Å². The summed E-state index contributed by atoms with van der Waals surface area (Å²) in [6, 6.07) is 8.61. The molecule has 1 N–H and O–H groups in total. The van der Waals surface area contributed by atoms with Crippen LogP contribution >= 0.6 is 27.5 Å². The van der Waals surface area contributed by atoms with Crippen LogP contribution in [0.5, 0.6) is 0 Å². The molecule has 0 spiro atoms. The van der Waals surface area contributed by atoms with Crippen molar-refractivity contribution in [3.8, 4) is 0 Å². The minimum atomic E-state index is -0.176. The number of nitrogens with one attached hydrogen (secondary N) is 1. The third kappa shape index (κ3) is 3.11. The molecule has 0 unspecified atom stereocenters. The Morgan fingerprint density at radius 3 is 2.88 bits per heavy atom. The molecule has 1 aromatic heterocycles. The van der Waals surface area contributed by atoms with Gasteiger partial charge in [0.1, 0.15) is 5.76 Å². The van der Waals surface area contributed by atoms with E-state index in [1.54, 1.807) is 36.6 Å². The van der Waals surface area contributed by atoms with Gasteiger partial charge in [-0.3, -0.25) is 4.79 Å². The third-order valence-corrected chi connectivity index (χ3v) is 3.07. The van der Waals surface area contributed by atoms with Gasteiger partial charge in [0, 0.05) is 9.50 Å². The maximum absolute atomic E-state index is 11.8. The lowest BCUT2D eigenvalue weighted by Crippen LogP contribution is -2.22. The largest absolute Gasteiger partial charge is 0.467 e. The highest BCUT2D eigenvalue weighted by atomic mass is 79.9. The first-order chi connectivity index (χ1) is 8.16. The molecule has 0 aliphatic heterocycles. The summed E-state index contributed by atoms with van der Waals surface area (Å²) in [4.78, 5) is 11.8. The zero-order chi connectivity index (χ0) is 12.3. The summed E-state index contributed by atoms with van der Waals surface area (Å²) in [6.07, 6.45) is 1.57. The summed E-state index contributed by atoms with van der Waals surface area (Å²) in [5, 5.41) is 3.34. The predicted molar refractivity (Wildman–Crippen MR) is 69.0 cm³/mol. The van der Waals surface area contributed by atoms with E-state index in [0.717, 1.165) is 0 Å². The van der Waals surface area contributed by atoms with Crippen LogP contribution in [-0.4, -0.2) is 5.91 Å². The maximum Gasteiger partial charge on any atom is 0.252 e. The fraction of sp³-hybridized carbons (Fsp3) is 0.0833. The maximum atomic E-state index is 11.8. The summed E-state index contributed by atoms with van der Waals surface area (Å²) in [5.74, 6) is 0.536. The Morgan fingerprint density at radius 2 is 2.24 bits per heavy atom. The number of benzene rings is 1. The molecule has 1 aromatic carbocycles. The summed E-state index contributed by atoms with van der Waals surface area (Å²) in [6.45, 7) is 0.362. The molecule has 17 heavy (non-hydrogen) atoms. The first kappa shape index (κ1) is 12.2. The molecule has 3 nitrogen and oxygen atoms in total. The van der Waals surface area contributed by atoms with Gasteiger partial charge < -0.3 is 9.73 Å². The van der Waals surface area contributed by atoms with E-state index in [-0.39, 0.29) is 5.91 Å². The molecule has 2 aromatic rings. The van der Waals surface area contributed by atoms with Gasteiger partial charge in [0.2, 0.25) is 0 Å². The van der Waals surface area contributed by atoms with Crippen molar-refractivity contribution in [3.63, 3.8) is 0 Å². The highest BCUT2D eigenvalue weighted by Gasteiger charge is 2.10. The van der Waals surface area contributed by atoms with E-state index < -0.39 is 0 Å². The SMILES string of the molecule is O=C(NCc1ccco1)c1ccc(Cl)cc1Br. The van der Waals surface area contributed by atoms with E-state index in [1.807, 2.05) is 0 Å². The Hall–Kier alpha value is -1.26. The second kappa shape index (κ2) is 5.38. The Balaban J connectivity index is 2.04. The second-order valence-corrected chi connectivity index (χ2v) is 4.68. The molecule has 0 saturated carbocycles.